The first-order valence-electron chi connectivity index (χ1n) is 20.4. The molecule has 0 amide bonds. The third-order valence-electron chi connectivity index (χ3n) is 9.36. The SMILES string of the molecule is CCCCCCCCCCCCCCCC(=O)OC[C@H](COP(=O)(O)OCC[N+](C)(C)C)O[C@@]1(CCCCCCCCCCCCC)CO1. The van der Waals surface area contributed by atoms with Crippen molar-refractivity contribution in [2.45, 2.75) is 193 Å². The van der Waals surface area contributed by atoms with Crippen LogP contribution in [0.4, 0.5) is 0 Å². The quantitative estimate of drug-likeness (QED) is 0.0222. The number of likely N-dealkylation sites (N-methyl/N-ethyl adjacent to an activating group) is 1. The smallest absolute Gasteiger partial charge is 0.463 e. The van der Waals surface area contributed by atoms with Gasteiger partial charge in [-0.2, -0.15) is 0 Å². The number of epoxide rings is 1. The largest absolute Gasteiger partial charge is 0.472 e. The van der Waals surface area contributed by atoms with Gasteiger partial charge in [-0.25, -0.2) is 4.57 Å². The molecule has 1 heterocycles. The molecule has 0 saturated carbocycles. The number of unbranched alkanes of at least 4 members (excludes halogenated alkanes) is 22. The van der Waals surface area contributed by atoms with E-state index >= 15 is 0 Å². The summed E-state index contributed by atoms with van der Waals surface area (Å²) < 4.78 is 41.2. The molecule has 0 aliphatic carbocycles. The van der Waals surface area contributed by atoms with E-state index in [1.165, 1.54) is 122 Å². The minimum Gasteiger partial charge on any atom is -0.463 e. The third kappa shape index (κ3) is 29.7. The number of phosphoric ester groups is 1. The maximum absolute atomic E-state index is 12.6. The first-order chi connectivity index (χ1) is 23.5. The van der Waals surface area contributed by atoms with Crippen LogP contribution in [0.25, 0.3) is 0 Å². The summed E-state index contributed by atoms with van der Waals surface area (Å²) in [4.78, 5) is 22.8. The lowest BCUT2D eigenvalue weighted by Crippen LogP contribution is -2.37. The van der Waals surface area contributed by atoms with Crippen LogP contribution >= 0.6 is 7.82 Å². The predicted molar refractivity (Wildman–Crippen MR) is 201 cm³/mol. The van der Waals surface area contributed by atoms with Crippen LogP contribution in [-0.4, -0.2) is 81.4 Å². The Morgan fingerprint density at radius 1 is 0.694 bits per heavy atom. The van der Waals surface area contributed by atoms with Gasteiger partial charge in [0, 0.05) is 12.8 Å². The number of phosphoric acid groups is 1. The number of nitrogens with zero attached hydrogens (tertiary/aromatic N) is 1. The summed E-state index contributed by atoms with van der Waals surface area (Å²) in [5.74, 6) is -1.02. The predicted octanol–water partition coefficient (Wildman–Crippen LogP) is 10.7. The first kappa shape index (κ1) is 46.5. The minimum atomic E-state index is -4.29. The van der Waals surface area contributed by atoms with Crippen molar-refractivity contribution in [3.8, 4) is 0 Å². The average Bonchev–Trinajstić information content (AvgIpc) is 3.81. The van der Waals surface area contributed by atoms with E-state index in [4.69, 9.17) is 23.3 Å². The molecule has 0 spiro atoms. The van der Waals surface area contributed by atoms with E-state index in [0.29, 0.717) is 24.1 Å². The van der Waals surface area contributed by atoms with E-state index < -0.39 is 19.7 Å². The Morgan fingerprint density at radius 3 is 1.55 bits per heavy atom. The maximum atomic E-state index is 12.6. The minimum absolute atomic E-state index is 0.0560. The van der Waals surface area contributed by atoms with Crippen LogP contribution in [-0.2, 0) is 32.6 Å². The molecule has 1 aliphatic heterocycles. The topological polar surface area (TPSA) is 104 Å². The molecule has 0 aromatic carbocycles. The first-order valence-corrected chi connectivity index (χ1v) is 21.9. The Kier molecular flexibility index (Phi) is 27.5. The van der Waals surface area contributed by atoms with Crippen molar-refractivity contribution in [1.82, 2.24) is 0 Å². The Hall–Kier alpha value is -0.540. The summed E-state index contributed by atoms with van der Waals surface area (Å²) >= 11 is 0. The van der Waals surface area contributed by atoms with Gasteiger partial charge in [-0.3, -0.25) is 13.8 Å². The van der Waals surface area contributed by atoms with Crippen molar-refractivity contribution in [3.05, 3.63) is 0 Å². The van der Waals surface area contributed by atoms with Crippen molar-refractivity contribution in [2.75, 3.05) is 54.1 Å². The Labute approximate surface area is 302 Å². The van der Waals surface area contributed by atoms with Crippen LogP contribution in [0.15, 0.2) is 0 Å². The lowest BCUT2D eigenvalue weighted by Gasteiger charge is -2.25. The van der Waals surface area contributed by atoms with Crippen LogP contribution in [0, 0.1) is 0 Å². The Morgan fingerprint density at radius 2 is 1.12 bits per heavy atom. The molecule has 1 N–H and O–H groups in total. The molecule has 1 fully saturated rings. The fourth-order valence-electron chi connectivity index (χ4n) is 6.02. The molecular formula is C39H79NO8P+. The summed E-state index contributed by atoms with van der Waals surface area (Å²) in [7, 11) is 1.65. The number of carbonyl (C=O) groups excluding carboxylic acids is 1. The number of quaternary nitrogens is 1. The number of ether oxygens (including phenoxy) is 3. The van der Waals surface area contributed by atoms with Gasteiger partial charge in [0.25, 0.3) is 0 Å². The van der Waals surface area contributed by atoms with Gasteiger partial charge in [-0.1, -0.05) is 155 Å². The molecule has 1 unspecified atom stereocenters. The summed E-state index contributed by atoms with van der Waals surface area (Å²) in [6.45, 7) is 5.33. The normalized spacial score (nSPS) is 18.0. The van der Waals surface area contributed by atoms with E-state index in [-0.39, 0.29) is 25.8 Å². The summed E-state index contributed by atoms with van der Waals surface area (Å²) in [6, 6.07) is 0. The summed E-state index contributed by atoms with van der Waals surface area (Å²) in [5, 5.41) is 0. The number of carbonyl (C=O) groups is 1. The van der Waals surface area contributed by atoms with Gasteiger partial charge < -0.3 is 23.6 Å². The fourth-order valence-corrected chi connectivity index (χ4v) is 6.76. The molecule has 10 heteroatoms. The van der Waals surface area contributed by atoms with E-state index in [2.05, 4.69) is 13.8 Å². The zero-order valence-electron chi connectivity index (χ0n) is 32.7. The van der Waals surface area contributed by atoms with Gasteiger partial charge in [-0.15, -0.1) is 0 Å². The molecule has 1 saturated heterocycles. The zero-order valence-corrected chi connectivity index (χ0v) is 33.6. The second kappa shape index (κ2) is 29.0. The molecule has 292 valence electrons. The molecule has 0 radical (unpaired) electrons. The average molecular weight is 721 g/mol. The second-order valence-electron chi connectivity index (χ2n) is 15.5. The van der Waals surface area contributed by atoms with Gasteiger partial charge in [-0.05, 0) is 12.8 Å². The highest BCUT2D eigenvalue weighted by molar-refractivity contribution is 7.47. The van der Waals surface area contributed by atoms with Crippen LogP contribution < -0.4 is 0 Å². The molecule has 1 rings (SSSR count). The lowest BCUT2D eigenvalue weighted by molar-refractivity contribution is -0.870. The van der Waals surface area contributed by atoms with Crippen molar-refractivity contribution in [2.24, 2.45) is 0 Å². The molecule has 9 nitrogen and oxygen atoms in total. The summed E-state index contributed by atoms with van der Waals surface area (Å²) in [5.41, 5.74) is 0. The number of hydrogen-bond acceptors (Lipinski definition) is 7. The number of hydrogen-bond donors (Lipinski definition) is 1. The van der Waals surface area contributed by atoms with Gasteiger partial charge >= 0.3 is 13.8 Å². The van der Waals surface area contributed by atoms with E-state index in [9.17, 15) is 14.3 Å². The van der Waals surface area contributed by atoms with E-state index in [0.717, 1.165) is 38.5 Å². The van der Waals surface area contributed by atoms with Crippen LogP contribution in [0.5, 0.6) is 0 Å². The Bertz CT molecular complexity index is 832. The maximum Gasteiger partial charge on any atom is 0.472 e. The fraction of sp³-hybridized carbons (Fsp3) is 0.974. The van der Waals surface area contributed by atoms with E-state index in [1.54, 1.807) is 0 Å². The Balaban J connectivity index is 2.37. The second-order valence-corrected chi connectivity index (χ2v) is 17.0. The third-order valence-corrected chi connectivity index (χ3v) is 10.3. The molecule has 0 aromatic rings. The molecule has 3 atom stereocenters. The summed E-state index contributed by atoms with van der Waals surface area (Å²) in [6.07, 6.45) is 30.5. The highest BCUT2D eigenvalue weighted by Crippen LogP contribution is 2.44. The highest BCUT2D eigenvalue weighted by Gasteiger charge is 2.48. The van der Waals surface area contributed by atoms with Gasteiger partial charge in [0.2, 0.25) is 0 Å². The van der Waals surface area contributed by atoms with Crippen LogP contribution in [0.1, 0.15) is 181 Å². The van der Waals surface area contributed by atoms with Crippen molar-refractivity contribution < 1.29 is 42.0 Å². The molecule has 0 aromatic heterocycles. The standard InChI is InChI=1S/C39H78NO8P/c1-6-8-10-12-14-16-18-19-20-22-24-26-28-30-38(41)44-34-37(35-47-49(42,43)46-33-32-40(3,4)5)48-39(36-45-39)31-29-27-25-23-21-17-15-13-11-9-7-2/h37H,6-36H2,1-5H3/p+1/t37-,39+/m1/s1. The zero-order chi connectivity index (χ0) is 36.1. The molecule has 0 bridgehead atoms. The van der Waals surface area contributed by atoms with Gasteiger partial charge in [0.15, 0.2) is 5.79 Å². The molecule has 49 heavy (non-hydrogen) atoms. The van der Waals surface area contributed by atoms with Crippen molar-refractivity contribution >= 4 is 13.8 Å². The van der Waals surface area contributed by atoms with Crippen molar-refractivity contribution in [3.63, 3.8) is 0 Å². The highest BCUT2D eigenvalue weighted by atomic mass is 31.2. The van der Waals surface area contributed by atoms with Crippen LogP contribution in [0.3, 0.4) is 0 Å². The monoisotopic (exact) mass is 721 g/mol. The molecule has 1 aliphatic rings. The molecular weight excluding hydrogens is 641 g/mol. The number of esters is 1. The van der Waals surface area contributed by atoms with Crippen LogP contribution in [0.2, 0.25) is 0 Å². The van der Waals surface area contributed by atoms with Crippen molar-refractivity contribution in [1.29, 1.82) is 0 Å². The lowest BCUT2D eigenvalue weighted by atomic mass is 10.0. The van der Waals surface area contributed by atoms with E-state index in [1.807, 2.05) is 21.1 Å². The van der Waals surface area contributed by atoms with Gasteiger partial charge in [0.05, 0.1) is 27.7 Å². The number of rotatable bonds is 37. The van der Waals surface area contributed by atoms with Gasteiger partial charge in [0.1, 0.15) is 32.5 Å².